The number of esters is 1. The zero-order valence-corrected chi connectivity index (χ0v) is 14.7. The number of para-hydroxylation sites is 1. The second-order valence-corrected chi connectivity index (χ2v) is 6.76. The summed E-state index contributed by atoms with van der Waals surface area (Å²) in [5.41, 5.74) is 0.643. The Labute approximate surface area is 156 Å². The number of thioether (sulfide) groups is 1. The lowest BCUT2D eigenvalue weighted by atomic mass is 10.1. The molecular weight excluding hydrogens is 385 g/mol. The molecule has 25 heavy (non-hydrogen) atoms. The van der Waals surface area contributed by atoms with Crippen molar-refractivity contribution < 1.29 is 19.1 Å². The molecule has 0 radical (unpaired) electrons. The van der Waals surface area contributed by atoms with Crippen LogP contribution >= 0.6 is 35.0 Å². The molecule has 0 spiro atoms. The van der Waals surface area contributed by atoms with Crippen LogP contribution in [0.5, 0.6) is 5.75 Å². The van der Waals surface area contributed by atoms with Gasteiger partial charge in [-0.3, -0.25) is 14.9 Å². The third-order valence-corrected chi connectivity index (χ3v) is 4.56. The number of hydrogen-bond donors (Lipinski definition) is 1. The number of nitrogens with one attached hydrogen (secondary N) is 1. The van der Waals surface area contributed by atoms with E-state index in [-0.39, 0.29) is 21.2 Å². The minimum absolute atomic E-state index is 0.164. The van der Waals surface area contributed by atoms with Gasteiger partial charge >= 0.3 is 5.97 Å². The van der Waals surface area contributed by atoms with Crippen LogP contribution in [0.3, 0.4) is 0 Å². The molecule has 1 aliphatic rings. The molecule has 0 atom stereocenters. The van der Waals surface area contributed by atoms with E-state index in [1.807, 2.05) is 0 Å². The van der Waals surface area contributed by atoms with Crippen molar-refractivity contribution in [3.63, 3.8) is 0 Å². The molecule has 1 fully saturated rings. The molecule has 1 N–H and O–H groups in total. The van der Waals surface area contributed by atoms with E-state index in [1.165, 1.54) is 24.3 Å². The summed E-state index contributed by atoms with van der Waals surface area (Å²) in [7, 11) is 0. The molecule has 0 aliphatic carbocycles. The number of benzene rings is 2. The Balaban J connectivity index is 1.89. The number of imide groups is 1. The van der Waals surface area contributed by atoms with E-state index >= 15 is 0 Å². The van der Waals surface area contributed by atoms with Gasteiger partial charge in [-0.25, -0.2) is 4.79 Å². The van der Waals surface area contributed by atoms with E-state index in [9.17, 15) is 14.4 Å². The second kappa shape index (κ2) is 7.31. The maximum Gasteiger partial charge on any atom is 0.345 e. The fourth-order valence-corrected chi connectivity index (χ4v) is 3.22. The highest BCUT2D eigenvalue weighted by molar-refractivity contribution is 8.18. The van der Waals surface area contributed by atoms with Crippen LogP contribution in [0.4, 0.5) is 4.79 Å². The van der Waals surface area contributed by atoms with Crippen LogP contribution in [0.25, 0.3) is 6.08 Å². The summed E-state index contributed by atoms with van der Waals surface area (Å²) in [6.45, 7) is 0. The molecule has 8 heteroatoms. The van der Waals surface area contributed by atoms with Crippen molar-refractivity contribution >= 4 is 58.2 Å². The smallest absolute Gasteiger partial charge is 0.345 e. The van der Waals surface area contributed by atoms with E-state index in [0.717, 1.165) is 11.8 Å². The van der Waals surface area contributed by atoms with Gasteiger partial charge in [0.1, 0.15) is 5.75 Å². The first-order valence-corrected chi connectivity index (χ1v) is 8.52. The predicted octanol–water partition coefficient (Wildman–Crippen LogP) is 4.54. The Bertz CT molecular complexity index is 927. The molecule has 1 saturated heterocycles. The molecule has 2 amide bonds. The van der Waals surface area contributed by atoms with Gasteiger partial charge in [-0.05, 0) is 42.1 Å². The lowest BCUT2D eigenvalue weighted by Crippen LogP contribution is -2.17. The van der Waals surface area contributed by atoms with Crippen molar-refractivity contribution in [3.05, 3.63) is 68.5 Å². The van der Waals surface area contributed by atoms with Crippen LogP contribution in [0.1, 0.15) is 15.9 Å². The maximum absolute atomic E-state index is 12.3. The Morgan fingerprint density at radius 1 is 1.12 bits per heavy atom. The molecule has 0 bridgehead atoms. The van der Waals surface area contributed by atoms with E-state index in [2.05, 4.69) is 5.32 Å². The van der Waals surface area contributed by atoms with Gasteiger partial charge in [0, 0.05) is 10.6 Å². The fraction of sp³-hybridized carbons (Fsp3) is 0. The first kappa shape index (κ1) is 17.5. The topological polar surface area (TPSA) is 72.5 Å². The van der Waals surface area contributed by atoms with E-state index < -0.39 is 17.1 Å². The molecule has 126 valence electrons. The van der Waals surface area contributed by atoms with Crippen molar-refractivity contribution in [2.24, 2.45) is 0 Å². The average Bonchev–Trinajstić information content (AvgIpc) is 2.86. The predicted molar refractivity (Wildman–Crippen MR) is 97.0 cm³/mol. The second-order valence-electron chi connectivity index (χ2n) is 4.90. The summed E-state index contributed by atoms with van der Waals surface area (Å²) in [6, 6.07) is 11.1. The molecule has 1 aliphatic heterocycles. The quantitative estimate of drug-likeness (QED) is 0.470. The average molecular weight is 394 g/mol. The van der Waals surface area contributed by atoms with Crippen LogP contribution < -0.4 is 10.1 Å². The number of rotatable bonds is 3. The summed E-state index contributed by atoms with van der Waals surface area (Å²) in [5.74, 6) is -0.914. The highest BCUT2D eigenvalue weighted by Gasteiger charge is 2.25. The third-order valence-electron chi connectivity index (χ3n) is 3.20. The van der Waals surface area contributed by atoms with Crippen molar-refractivity contribution in [3.8, 4) is 5.75 Å². The monoisotopic (exact) mass is 393 g/mol. The lowest BCUT2D eigenvalue weighted by Gasteiger charge is -2.09. The highest BCUT2D eigenvalue weighted by Crippen LogP contribution is 2.30. The SMILES string of the molecule is O=C1NC(=O)/C(=C/c2ccccc2OC(=O)c2ccc(Cl)cc2Cl)S1. The van der Waals surface area contributed by atoms with Gasteiger partial charge in [-0.2, -0.15) is 0 Å². The van der Waals surface area contributed by atoms with Crippen LogP contribution in [0.2, 0.25) is 10.0 Å². The summed E-state index contributed by atoms with van der Waals surface area (Å²) in [4.78, 5) is 35.5. The minimum atomic E-state index is -0.660. The molecule has 0 aromatic heterocycles. The molecule has 2 aromatic rings. The first-order valence-electron chi connectivity index (χ1n) is 6.95. The van der Waals surface area contributed by atoms with E-state index in [4.69, 9.17) is 27.9 Å². The molecule has 3 rings (SSSR count). The fourth-order valence-electron chi connectivity index (χ4n) is 2.06. The van der Waals surface area contributed by atoms with E-state index in [1.54, 1.807) is 24.3 Å². The Hall–Kier alpha value is -2.28. The van der Waals surface area contributed by atoms with Crippen molar-refractivity contribution in [1.82, 2.24) is 5.32 Å². The number of carbonyl (C=O) groups is 3. The van der Waals surface area contributed by atoms with Gasteiger partial charge in [-0.1, -0.05) is 41.4 Å². The van der Waals surface area contributed by atoms with Crippen molar-refractivity contribution in [1.29, 1.82) is 0 Å². The standard InChI is InChI=1S/C17H9Cl2NO4S/c18-10-5-6-11(12(19)8-10)16(22)24-13-4-2-1-3-9(13)7-14-15(21)20-17(23)25-14/h1-8H,(H,20,21,23)/b14-7-. The molecule has 2 aromatic carbocycles. The zero-order valence-electron chi connectivity index (χ0n) is 12.4. The summed E-state index contributed by atoms with van der Waals surface area (Å²) < 4.78 is 5.39. The van der Waals surface area contributed by atoms with Gasteiger partial charge in [0.15, 0.2) is 0 Å². The normalized spacial score (nSPS) is 15.4. The van der Waals surface area contributed by atoms with Gasteiger partial charge in [0.25, 0.3) is 11.1 Å². The molecular formula is C17H9Cl2NO4S. The van der Waals surface area contributed by atoms with Crippen LogP contribution in [-0.4, -0.2) is 17.1 Å². The summed E-state index contributed by atoms with van der Waals surface area (Å²) in [6.07, 6.45) is 1.48. The largest absolute Gasteiger partial charge is 0.422 e. The Kier molecular flexibility index (Phi) is 5.13. The van der Waals surface area contributed by atoms with Gasteiger partial charge in [0.05, 0.1) is 15.5 Å². The van der Waals surface area contributed by atoms with E-state index in [0.29, 0.717) is 10.6 Å². The van der Waals surface area contributed by atoms with Crippen LogP contribution in [0, 0.1) is 0 Å². The van der Waals surface area contributed by atoms with Crippen molar-refractivity contribution in [2.75, 3.05) is 0 Å². The number of halogens is 2. The number of hydrogen-bond acceptors (Lipinski definition) is 5. The van der Waals surface area contributed by atoms with Crippen LogP contribution in [-0.2, 0) is 4.79 Å². The third kappa shape index (κ3) is 4.04. The number of carbonyl (C=O) groups excluding carboxylic acids is 3. The summed E-state index contributed by atoms with van der Waals surface area (Å²) >= 11 is 12.6. The highest BCUT2D eigenvalue weighted by atomic mass is 35.5. The Morgan fingerprint density at radius 3 is 2.56 bits per heavy atom. The first-order chi connectivity index (χ1) is 11.9. The number of amides is 2. The molecule has 0 saturated carbocycles. The van der Waals surface area contributed by atoms with Gasteiger partial charge < -0.3 is 4.74 Å². The summed E-state index contributed by atoms with van der Waals surface area (Å²) in [5, 5.41) is 2.29. The Morgan fingerprint density at radius 2 is 1.88 bits per heavy atom. The van der Waals surface area contributed by atoms with Gasteiger partial charge in [-0.15, -0.1) is 0 Å². The molecule has 1 heterocycles. The molecule has 0 unspecified atom stereocenters. The lowest BCUT2D eigenvalue weighted by molar-refractivity contribution is -0.115. The minimum Gasteiger partial charge on any atom is -0.422 e. The molecule has 5 nitrogen and oxygen atoms in total. The van der Waals surface area contributed by atoms with Crippen molar-refractivity contribution in [2.45, 2.75) is 0 Å². The number of ether oxygens (including phenoxy) is 1. The van der Waals surface area contributed by atoms with Crippen LogP contribution in [0.15, 0.2) is 47.4 Å². The van der Waals surface area contributed by atoms with Gasteiger partial charge in [0.2, 0.25) is 0 Å². The maximum atomic E-state index is 12.3. The zero-order chi connectivity index (χ0) is 18.0.